The van der Waals surface area contributed by atoms with Crippen molar-refractivity contribution in [1.82, 2.24) is 0 Å². The van der Waals surface area contributed by atoms with E-state index in [4.69, 9.17) is 99.5 Å². The summed E-state index contributed by atoms with van der Waals surface area (Å²) in [4.78, 5) is 10.9. The van der Waals surface area contributed by atoms with Crippen LogP contribution in [0, 0.1) is 0 Å². The third kappa shape index (κ3) is 60.4. The maximum atomic E-state index is 10.9. The van der Waals surface area contributed by atoms with Gasteiger partial charge in [-0.3, -0.25) is 0 Å². The van der Waals surface area contributed by atoms with Gasteiger partial charge >= 0.3 is 5.97 Å². The first-order chi connectivity index (χ1) is 32.8. The second kappa shape index (κ2) is 61.4. The Balaban J connectivity index is 3.07. The zero-order valence-electron chi connectivity index (χ0n) is 40.1. The van der Waals surface area contributed by atoms with Crippen LogP contribution in [0.25, 0.3) is 0 Å². The van der Waals surface area contributed by atoms with Crippen molar-refractivity contribution in [3.05, 3.63) is 12.7 Å². The Bertz CT molecular complexity index is 913. The summed E-state index contributed by atoms with van der Waals surface area (Å²) in [6.45, 7) is 22.6. The third-order valence-corrected chi connectivity index (χ3v) is 7.77. The van der Waals surface area contributed by atoms with Gasteiger partial charge in [0.15, 0.2) is 0 Å². The van der Waals surface area contributed by atoms with Gasteiger partial charge in [0, 0.05) is 13.2 Å². The van der Waals surface area contributed by atoms with Crippen LogP contribution in [0.1, 0.15) is 0 Å². The average Bonchev–Trinajstić information content (AvgIpc) is 3.33. The molecule has 22 nitrogen and oxygen atoms in total. The molecule has 0 fully saturated rings. The molecule has 394 valence electrons. The van der Waals surface area contributed by atoms with Gasteiger partial charge in [-0.2, -0.15) is 0 Å². The van der Waals surface area contributed by atoms with Gasteiger partial charge in [-0.1, -0.05) is 6.58 Å². The molecule has 0 amide bonds. The van der Waals surface area contributed by atoms with Crippen LogP contribution >= 0.6 is 0 Å². The molecule has 0 aliphatic carbocycles. The fraction of sp³-hybridized carbons (Fsp3) is 0.932. The molecule has 0 atom stereocenters. The van der Waals surface area contributed by atoms with E-state index in [1.54, 1.807) is 7.11 Å². The average molecular weight is 967 g/mol. The van der Waals surface area contributed by atoms with Crippen molar-refractivity contribution < 1.29 is 104 Å². The molecule has 0 rings (SSSR count). The number of hydrogen-bond acceptors (Lipinski definition) is 22. The highest BCUT2D eigenvalue weighted by Gasteiger charge is 2.00. The number of carbonyl (C=O) groups excluding carboxylic acids is 1. The molecule has 0 unspecified atom stereocenters. The maximum Gasteiger partial charge on any atom is 0.330 e. The van der Waals surface area contributed by atoms with E-state index in [9.17, 15) is 4.79 Å². The van der Waals surface area contributed by atoms with Gasteiger partial charge < -0.3 is 99.5 Å². The van der Waals surface area contributed by atoms with Crippen molar-refractivity contribution in [2.24, 2.45) is 0 Å². The number of carbonyl (C=O) groups is 1. The number of esters is 1. The Morgan fingerprint density at radius 3 is 0.485 bits per heavy atom. The van der Waals surface area contributed by atoms with Crippen LogP contribution in [-0.4, -0.2) is 277 Å². The van der Waals surface area contributed by atoms with Crippen molar-refractivity contribution in [2.75, 3.05) is 271 Å². The second-order valence-electron chi connectivity index (χ2n) is 13.0. The van der Waals surface area contributed by atoms with Crippen molar-refractivity contribution in [2.45, 2.75) is 0 Å². The minimum Gasteiger partial charge on any atom is -0.460 e. The Morgan fingerprint density at radius 1 is 0.242 bits per heavy atom. The molecule has 0 bridgehead atoms. The molecule has 66 heavy (non-hydrogen) atoms. The zero-order valence-corrected chi connectivity index (χ0v) is 40.1. The lowest BCUT2D eigenvalue weighted by Crippen LogP contribution is -2.16. The molecule has 0 aromatic carbocycles. The summed E-state index contributed by atoms with van der Waals surface area (Å²) in [6, 6.07) is 0. The fourth-order valence-electron chi connectivity index (χ4n) is 4.46. The molecule has 0 spiro atoms. The lowest BCUT2D eigenvalue weighted by atomic mass is 10.6. The predicted octanol–water partition coefficient (Wildman–Crippen LogP) is 0.677. The Morgan fingerprint density at radius 2 is 0.364 bits per heavy atom. The van der Waals surface area contributed by atoms with E-state index in [0.29, 0.717) is 258 Å². The normalized spacial score (nSPS) is 11.5. The van der Waals surface area contributed by atoms with Crippen molar-refractivity contribution >= 4 is 5.97 Å². The van der Waals surface area contributed by atoms with E-state index in [-0.39, 0.29) is 6.61 Å². The summed E-state index contributed by atoms with van der Waals surface area (Å²) in [5.41, 5.74) is 0. The van der Waals surface area contributed by atoms with Crippen LogP contribution in [-0.2, 0) is 104 Å². The van der Waals surface area contributed by atoms with Crippen LogP contribution < -0.4 is 0 Å². The fourth-order valence-corrected chi connectivity index (χ4v) is 4.46. The smallest absolute Gasteiger partial charge is 0.330 e. The highest BCUT2D eigenvalue weighted by molar-refractivity contribution is 5.81. The van der Waals surface area contributed by atoms with Crippen molar-refractivity contribution in [1.29, 1.82) is 0 Å². The third-order valence-electron chi connectivity index (χ3n) is 7.77. The van der Waals surface area contributed by atoms with Crippen molar-refractivity contribution in [3.8, 4) is 0 Å². The molecule has 0 aliphatic rings. The van der Waals surface area contributed by atoms with E-state index >= 15 is 0 Å². The first kappa shape index (κ1) is 64.4. The maximum absolute atomic E-state index is 10.9. The van der Waals surface area contributed by atoms with E-state index in [1.807, 2.05) is 0 Å². The van der Waals surface area contributed by atoms with Gasteiger partial charge in [-0.25, -0.2) is 4.79 Å². The highest BCUT2D eigenvalue weighted by Crippen LogP contribution is 1.90. The quantitative estimate of drug-likeness (QED) is 0.0466. The Labute approximate surface area is 393 Å². The molecule has 22 heteroatoms. The lowest BCUT2D eigenvalue weighted by molar-refractivity contribution is -0.139. The zero-order chi connectivity index (χ0) is 47.4. The van der Waals surface area contributed by atoms with Crippen LogP contribution in [0.4, 0.5) is 0 Å². The Hall–Kier alpha value is -1.59. The molecule has 0 aliphatic heterocycles. The summed E-state index contributed by atoms with van der Waals surface area (Å²) in [5, 5.41) is 0. The summed E-state index contributed by atoms with van der Waals surface area (Å²) in [6.07, 6.45) is 1.11. The molecule has 0 saturated carbocycles. The predicted molar refractivity (Wildman–Crippen MR) is 239 cm³/mol. The first-order valence-electron chi connectivity index (χ1n) is 23.1. The summed E-state index contributed by atoms with van der Waals surface area (Å²) in [7, 11) is 1.64. The first-order valence-corrected chi connectivity index (χ1v) is 23.1. The van der Waals surface area contributed by atoms with Crippen LogP contribution in [0.3, 0.4) is 0 Å². The van der Waals surface area contributed by atoms with Gasteiger partial charge in [0.2, 0.25) is 0 Å². The monoisotopic (exact) mass is 967 g/mol. The van der Waals surface area contributed by atoms with E-state index < -0.39 is 5.97 Å². The molecule has 0 aromatic rings. The number of hydrogen-bond donors (Lipinski definition) is 0. The van der Waals surface area contributed by atoms with E-state index in [0.717, 1.165) is 6.08 Å². The second-order valence-corrected chi connectivity index (χ2v) is 13.0. The summed E-state index contributed by atoms with van der Waals surface area (Å²) < 4.78 is 113. The molecular formula is C44H86O22. The topological polar surface area (TPSA) is 211 Å². The molecule has 0 radical (unpaired) electrons. The molecule has 0 aromatic heterocycles. The van der Waals surface area contributed by atoms with Gasteiger partial charge in [0.25, 0.3) is 0 Å². The molecule has 0 saturated heterocycles. The van der Waals surface area contributed by atoms with Crippen molar-refractivity contribution in [3.63, 3.8) is 0 Å². The molecule has 0 heterocycles. The molecule has 0 N–H and O–H groups in total. The number of rotatable bonds is 61. The number of ether oxygens (including phenoxy) is 21. The van der Waals surface area contributed by atoms with E-state index in [2.05, 4.69) is 6.58 Å². The van der Waals surface area contributed by atoms with E-state index in [1.165, 1.54) is 0 Å². The largest absolute Gasteiger partial charge is 0.460 e. The Kier molecular flexibility index (Phi) is 59.9. The van der Waals surface area contributed by atoms with Crippen LogP contribution in [0.2, 0.25) is 0 Å². The van der Waals surface area contributed by atoms with Gasteiger partial charge in [0.1, 0.15) is 6.61 Å². The molecular weight excluding hydrogens is 880 g/mol. The van der Waals surface area contributed by atoms with Gasteiger partial charge in [-0.15, -0.1) is 0 Å². The standard InChI is InChI=1S/C44H86O22/c1-3-44(45)66-43-42-65-41-40-64-39-38-63-37-36-62-35-34-61-33-32-60-31-30-59-29-28-58-27-26-57-25-24-56-23-22-55-21-20-54-19-18-53-17-16-52-15-14-51-13-12-50-11-10-49-9-8-48-7-6-47-5-4-46-2/h3H,1,4-43H2,2H3. The minimum atomic E-state index is -0.464. The summed E-state index contributed by atoms with van der Waals surface area (Å²) in [5.74, 6) is -0.464. The van der Waals surface area contributed by atoms with Gasteiger partial charge in [-0.05, 0) is 0 Å². The SMILES string of the molecule is C=CC(=O)OCCOCCOCCOCCOCCOCCOCCOCCOCCOCCOCCOCCOCCOCCOCCOCCOCCOCCOCCOCCOC. The van der Waals surface area contributed by atoms with Crippen LogP contribution in [0.15, 0.2) is 12.7 Å². The number of methoxy groups -OCH3 is 1. The van der Waals surface area contributed by atoms with Crippen LogP contribution in [0.5, 0.6) is 0 Å². The minimum absolute atomic E-state index is 0.192. The lowest BCUT2D eigenvalue weighted by Gasteiger charge is -2.09. The van der Waals surface area contributed by atoms with Gasteiger partial charge in [0.05, 0.1) is 258 Å². The highest BCUT2D eigenvalue weighted by atomic mass is 16.6. The summed E-state index contributed by atoms with van der Waals surface area (Å²) >= 11 is 0.